The fourth-order valence-corrected chi connectivity index (χ4v) is 1.41. The van der Waals surface area contributed by atoms with E-state index < -0.39 is 0 Å². The highest BCUT2D eigenvalue weighted by molar-refractivity contribution is 5.86. The Bertz CT molecular complexity index is 425. The molecule has 0 aliphatic heterocycles. The molecule has 0 atom stereocenters. The first-order chi connectivity index (χ1) is 9.10. The molecule has 4 N–H and O–H groups in total. The Morgan fingerprint density at radius 1 is 1.42 bits per heavy atom. The second kappa shape index (κ2) is 7.37. The highest BCUT2D eigenvalue weighted by Crippen LogP contribution is 2.28. The predicted octanol–water partition coefficient (Wildman–Crippen LogP) is -0.156. The van der Waals surface area contributed by atoms with Gasteiger partial charge in [-0.15, -0.1) is 0 Å². The molecular weight excluding hydrogens is 250 g/mol. The van der Waals surface area contributed by atoms with Crippen LogP contribution in [0.5, 0.6) is 6.01 Å². The van der Waals surface area contributed by atoms with E-state index in [0.29, 0.717) is 37.4 Å². The van der Waals surface area contributed by atoms with Gasteiger partial charge in [0, 0.05) is 20.7 Å². The average molecular weight is 269 g/mol. The molecule has 1 aromatic rings. The van der Waals surface area contributed by atoms with Gasteiger partial charge in [-0.2, -0.15) is 9.97 Å². The number of aliphatic hydroxyl groups excluding tert-OH is 1. The van der Waals surface area contributed by atoms with Crippen LogP contribution in [-0.2, 0) is 4.79 Å². The summed E-state index contributed by atoms with van der Waals surface area (Å²) in [5.74, 6) is 0.611. The lowest BCUT2D eigenvalue weighted by Gasteiger charge is -2.17. The molecule has 0 radical (unpaired) electrons. The molecule has 106 valence electrons. The Balaban J connectivity index is 2.87. The summed E-state index contributed by atoms with van der Waals surface area (Å²) in [6.45, 7) is 0.519. The highest BCUT2D eigenvalue weighted by atomic mass is 16.5. The largest absolute Gasteiger partial charge is 0.463 e. The van der Waals surface area contributed by atoms with E-state index in [2.05, 4.69) is 15.3 Å². The zero-order chi connectivity index (χ0) is 14.3. The Kier molecular flexibility index (Phi) is 5.80. The number of ether oxygens (including phenoxy) is 1. The molecule has 8 nitrogen and oxygen atoms in total. The second-order valence-corrected chi connectivity index (χ2v) is 4.03. The van der Waals surface area contributed by atoms with Crippen LogP contribution in [0.1, 0.15) is 12.8 Å². The van der Waals surface area contributed by atoms with Gasteiger partial charge in [0.2, 0.25) is 6.41 Å². The van der Waals surface area contributed by atoms with Gasteiger partial charge < -0.3 is 25.8 Å². The highest BCUT2D eigenvalue weighted by Gasteiger charge is 2.14. The molecule has 0 unspecified atom stereocenters. The van der Waals surface area contributed by atoms with Gasteiger partial charge in [0.05, 0.1) is 6.61 Å². The number of hydrogen-bond donors (Lipinski definition) is 3. The zero-order valence-electron chi connectivity index (χ0n) is 11.1. The number of nitrogen functional groups attached to an aromatic ring is 1. The lowest BCUT2D eigenvalue weighted by molar-refractivity contribution is -0.105. The molecule has 0 saturated carbocycles. The number of carbonyl (C=O) groups excluding carboxylic acids is 1. The number of nitrogens with one attached hydrogen (secondary N) is 1. The monoisotopic (exact) mass is 269 g/mol. The van der Waals surface area contributed by atoms with Gasteiger partial charge in [0.15, 0.2) is 11.6 Å². The molecule has 1 heterocycles. The Morgan fingerprint density at radius 3 is 2.74 bits per heavy atom. The Labute approximate surface area is 111 Å². The maximum atomic E-state index is 10.5. The van der Waals surface area contributed by atoms with Crippen LogP contribution in [0.2, 0.25) is 0 Å². The van der Waals surface area contributed by atoms with Crippen molar-refractivity contribution >= 4 is 23.7 Å². The van der Waals surface area contributed by atoms with Crippen molar-refractivity contribution in [2.45, 2.75) is 12.8 Å². The first kappa shape index (κ1) is 15.0. The summed E-state index contributed by atoms with van der Waals surface area (Å²) in [5.41, 5.74) is 6.11. The number of aliphatic hydroxyl groups is 1. The van der Waals surface area contributed by atoms with Crippen LogP contribution in [0.3, 0.4) is 0 Å². The van der Waals surface area contributed by atoms with E-state index in [9.17, 15) is 4.79 Å². The van der Waals surface area contributed by atoms with E-state index in [1.807, 2.05) is 0 Å². The average Bonchev–Trinajstić information content (AvgIpc) is 2.37. The maximum Gasteiger partial charge on any atom is 0.320 e. The van der Waals surface area contributed by atoms with Crippen LogP contribution in [-0.4, -0.2) is 48.8 Å². The number of unbranched alkanes of at least 4 members (excludes halogenated alkanes) is 1. The molecule has 0 bridgehead atoms. The SMILES string of the molecule is CN(C)c1nc(OCCCCO)nc(N)c1NC=O. The maximum absolute atomic E-state index is 10.5. The number of carbonyl (C=O) groups is 1. The second-order valence-electron chi connectivity index (χ2n) is 4.03. The van der Waals surface area contributed by atoms with E-state index in [1.165, 1.54) is 0 Å². The van der Waals surface area contributed by atoms with Crippen molar-refractivity contribution in [2.24, 2.45) is 0 Å². The third kappa shape index (κ3) is 4.25. The normalized spacial score (nSPS) is 10.1. The van der Waals surface area contributed by atoms with Crippen molar-refractivity contribution < 1.29 is 14.6 Å². The molecule has 0 saturated heterocycles. The number of anilines is 3. The minimum absolute atomic E-state index is 0.123. The minimum atomic E-state index is 0.123. The molecule has 0 aliphatic rings. The van der Waals surface area contributed by atoms with Crippen molar-refractivity contribution in [1.82, 2.24) is 9.97 Å². The number of aromatic nitrogens is 2. The van der Waals surface area contributed by atoms with Crippen LogP contribution < -0.4 is 20.7 Å². The predicted molar refractivity (Wildman–Crippen MR) is 72.3 cm³/mol. The first-order valence-corrected chi connectivity index (χ1v) is 5.88. The third-order valence-electron chi connectivity index (χ3n) is 2.31. The van der Waals surface area contributed by atoms with Crippen LogP contribution in [0, 0.1) is 0 Å². The molecule has 0 aliphatic carbocycles. The van der Waals surface area contributed by atoms with Crippen molar-refractivity contribution in [1.29, 1.82) is 0 Å². The minimum Gasteiger partial charge on any atom is -0.463 e. The quantitative estimate of drug-likeness (QED) is 0.444. The standard InChI is InChI=1S/C11H19N5O3/c1-16(2)10-8(13-7-18)9(12)14-11(15-10)19-6-4-3-5-17/h7,17H,3-6H2,1-2H3,(H,13,18)(H2,12,14,15). The number of rotatable bonds is 8. The Hall–Kier alpha value is -2.09. The molecule has 0 aromatic carbocycles. The molecule has 8 heteroatoms. The van der Waals surface area contributed by atoms with Crippen molar-refractivity contribution in [3.63, 3.8) is 0 Å². The number of nitrogens with two attached hydrogens (primary N) is 1. The topological polar surface area (TPSA) is 114 Å². The Morgan fingerprint density at radius 2 is 2.16 bits per heavy atom. The summed E-state index contributed by atoms with van der Waals surface area (Å²) in [5, 5.41) is 11.1. The summed E-state index contributed by atoms with van der Waals surface area (Å²) in [4.78, 5) is 20.4. The summed E-state index contributed by atoms with van der Waals surface area (Å²) in [7, 11) is 3.54. The smallest absolute Gasteiger partial charge is 0.320 e. The number of amides is 1. The molecule has 0 fully saturated rings. The van der Waals surface area contributed by atoms with Gasteiger partial charge in [0.1, 0.15) is 5.69 Å². The van der Waals surface area contributed by atoms with E-state index >= 15 is 0 Å². The number of hydrogen-bond acceptors (Lipinski definition) is 7. The van der Waals surface area contributed by atoms with Gasteiger partial charge in [-0.05, 0) is 12.8 Å². The molecule has 0 spiro atoms. The zero-order valence-corrected chi connectivity index (χ0v) is 11.1. The molecular formula is C11H19N5O3. The summed E-state index contributed by atoms with van der Waals surface area (Å²) in [6, 6.07) is 0.149. The van der Waals surface area contributed by atoms with Crippen LogP contribution in [0.4, 0.5) is 17.3 Å². The molecule has 1 aromatic heterocycles. The molecule has 1 rings (SSSR count). The van der Waals surface area contributed by atoms with Gasteiger partial charge in [-0.1, -0.05) is 0 Å². The van der Waals surface area contributed by atoms with Crippen molar-refractivity contribution in [2.75, 3.05) is 43.3 Å². The van der Waals surface area contributed by atoms with Crippen molar-refractivity contribution in [3.05, 3.63) is 0 Å². The summed E-state index contributed by atoms with van der Waals surface area (Å²) < 4.78 is 5.36. The molecule has 1 amide bonds. The van der Waals surface area contributed by atoms with Crippen molar-refractivity contribution in [3.8, 4) is 6.01 Å². The van der Waals surface area contributed by atoms with Gasteiger partial charge in [-0.3, -0.25) is 4.79 Å². The summed E-state index contributed by atoms with van der Waals surface area (Å²) >= 11 is 0. The van der Waals surface area contributed by atoms with Crippen LogP contribution in [0.15, 0.2) is 0 Å². The molecule has 19 heavy (non-hydrogen) atoms. The fraction of sp³-hybridized carbons (Fsp3) is 0.545. The van der Waals surface area contributed by atoms with E-state index in [-0.39, 0.29) is 18.4 Å². The lowest BCUT2D eigenvalue weighted by Crippen LogP contribution is -2.17. The summed E-state index contributed by atoms with van der Waals surface area (Å²) in [6.07, 6.45) is 1.87. The lowest BCUT2D eigenvalue weighted by atomic mass is 10.3. The van der Waals surface area contributed by atoms with Gasteiger partial charge in [0.25, 0.3) is 0 Å². The van der Waals surface area contributed by atoms with Gasteiger partial charge >= 0.3 is 6.01 Å². The van der Waals surface area contributed by atoms with E-state index in [4.69, 9.17) is 15.6 Å². The fourth-order valence-electron chi connectivity index (χ4n) is 1.41. The number of nitrogens with zero attached hydrogens (tertiary/aromatic N) is 3. The van der Waals surface area contributed by atoms with E-state index in [0.717, 1.165) is 0 Å². The first-order valence-electron chi connectivity index (χ1n) is 5.88. The van der Waals surface area contributed by atoms with Crippen LogP contribution in [0.25, 0.3) is 0 Å². The van der Waals surface area contributed by atoms with Gasteiger partial charge in [-0.25, -0.2) is 0 Å². The third-order valence-corrected chi connectivity index (χ3v) is 2.31. The van der Waals surface area contributed by atoms with E-state index in [1.54, 1.807) is 19.0 Å². The van der Waals surface area contributed by atoms with Crippen LogP contribution >= 0.6 is 0 Å².